The molecule has 16 heavy (non-hydrogen) atoms. The van der Waals surface area contributed by atoms with Gasteiger partial charge in [0, 0.05) is 5.56 Å². The molecule has 0 aliphatic carbocycles. The van der Waals surface area contributed by atoms with Gasteiger partial charge in [-0.1, -0.05) is 13.3 Å². The molecule has 0 aliphatic heterocycles. The first-order valence-electron chi connectivity index (χ1n) is 5.60. The highest BCUT2D eigenvalue weighted by Crippen LogP contribution is 2.24. The van der Waals surface area contributed by atoms with Gasteiger partial charge in [0.05, 0.1) is 6.61 Å². The number of primary amides is 1. The number of carbonyl (C=O) groups excluding carboxylic acids is 1. The molecule has 88 valence electrons. The van der Waals surface area contributed by atoms with Gasteiger partial charge in [0.15, 0.2) is 0 Å². The Morgan fingerprint density at radius 2 is 2.00 bits per heavy atom. The first kappa shape index (κ1) is 12.6. The van der Waals surface area contributed by atoms with Crippen LogP contribution in [0.1, 0.15) is 41.3 Å². The highest BCUT2D eigenvalue weighted by Gasteiger charge is 2.10. The molecule has 2 N–H and O–H groups in total. The molecule has 0 radical (unpaired) electrons. The highest BCUT2D eigenvalue weighted by atomic mass is 16.5. The van der Waals surface area contributed by atoms with Crippen LogP contribution in [0.5, 0.6) is 5.75 Å². The van der Waals surface area contributed by atoms with Crippen LogP contribution in [-0.2, 0) is 0 Å². The Kier molecular flexibility index (Phi) is 4.35. The fraction of sp³-hybridized carbons (Fsp3) is 0.462. The molecule has 3 nitrogen and oxygen atoms in total. The van der Waals surface area contributed by atoms with E-state index in [-0.39, 0.29) is 5.91 Å². The summed E-state index contributed by atoms with van der Waals surface area (Å²) in [7, 11) is 0. The highest BCUT2D eigenvalue weighted by molar-refractivity contribution is 5.94. The van der Waals surface area contributed by atoms with Crippen LogP contribution in [0.25, 0.3) is 0 Å². The van der Waals surface area contributed by atoms with E-state index in [0.717, 1.165) is 29.7 Å². The average Bonchev–Trinajstić information content (AvgIpc) is 2.24. The summed E-state index contributed by atoms with van der Waals surface area (Å²) in [6.07, 6.45) is 2.15. The first-order chi connectivity index (χ1) is 7.57. The SMILES string of the molecule is CCCCOc1ccc(C(N)=O)c(C)c1C. The van der Waals surface area contributed by atoms with Crippen LogP contribution < -0.4 is 10.5 Å². The van der Waals surface area contributed by atoms with Crippen LogP contribution in [-0.4, -0.2) is 12.5 Å². The summed E-state index contributed by atoms with van der Waals surface area (Å²) < 4.78 is 5.64. The molecule has 0 saturated heterocycles. The lowest BCUT2D eigenvalue weighted by Crippen LogP contribution is -2.13. The lowest BCUT2D eigenvalue weighted by atomic mass is 10.0. The fourth-order valence-electron chi connectivity index (χ4n) is 1.55. The van der Waals surface area contributed by atoms with E-state index in [1.165, 1.54) is 0 Å². The second kappa shape index (κ2) is 5.54. The third kappa shape index (κ3) is 2.75. The standard InChI is InChI=1S/C13H19NO2/c1-4-5-8-16-12-7-6-11(13(14)15)9(2)10(12)3/h6-7H,4-5,8H2,1-3H3,(H2,14,15). The van der Waals surface area contributed by atoms with Crippen LogP contribution in [0.2, 0.25) is 0 Å². The van der Waals surface area contributed by atoms with Crippen molar-refractivity contribution in [3.63, 3.8) is 0 Å². The molecule has 0 aliphatic rings. The number of benzene rings is 1. The van der Waals surface area contributed by atoms with Crippen molar-refractivity contribution in [2.75, 3.05) is 6.61 Å². The summed E-state index contributed by atoms with van der Waals surface area (Å²) in [6, 6.07) is 3.55. The first-order valence-corrected chi connectivity index (χ1v) is 5.60. The molecule has 0 unspecified atom stereocenters. The third-order valence-corrected chi connectivity index (χ3v) is 2.76. The Morgan fingerprint density at radius 3 is 2.56 bits per heavy atom. The minimum absolute atomic E-state index is 0.388. The topological polar surface area (TPSA) is 52.3 Å². The number of hydrogen-bond donors (Lipinski definition) is 1. The Hall–Kier alpha value is -1.51. The second-order valence-corrected chi connectivity index (χ2v) is 3.93. The predicted molar refractivity (Wildman–Crippen MR) is 64.8 cm³/mol. The summed E-state index contributed by atoms with van der Waals surface area (Å²) in [5.74, 6) is 0.455. The zero-order chi connectivity index (χ0) is 12.1. The van der Waals surface area contributed by atoms with Crippen molar-refractivity contribution in [1.29, 1.82) is 0 Å². The van der Waals surface area contributed by atoms with Crippen LogP contribution in [0, 0.1) is 13.8 Å². The van der Waals surface area contributed by atoms with Gasteiger partial charge in [-0.05, 0) is 43.5 Å². The molecule has 1 aromatic rings. The maximum absolute atomic E-state index is 11.1. The predicted octanol–water partition coefficient (Wildman–Crippen LogP) is 2.58. The summed E-state index contributed by atoms with van der Waals surface area (Å²) in [5, 5.41) is 0. The molecule has 0 heterocycles. The lowest BCUT2D eigenvalue weighted by Gasteiger charge is -2.12. The summed E-state index contributed by atoms with van der Waals surface area (Å²) in [6.45, 7) is 6.68. The van der Waals surface area contributed by atoms with Crippen molar-refractivity contribution in [2.45, 2.75) is 33.6 Å². The van der Waals surface area contributed by atoms with Crippen molar-refractivity contribution in [3.8, 4) is 5.75 Å². The van der Waals surface area contributed by atoms with E-state index in [0.29, 0.717) is 12.2 Å². The summed E-state index contributed by atoms with van der Waals surface area (Å²) >= 11 is 0. The molecular formula is C13H19NO2. The molecule has 1 rings (SSSR count). The Balaban J connectivity index is 2.89. The third-order valence-electron chi connectivity index (χ3n) is 2.76. The van der Waals surface area contributed by atoms with Gasteiger partial charge in [0.1, 0.15) is 5.75 Å². The van der Waals surface area contributed by atoms with Gasteiger partial charge in [0.25, 0.3) is 0 Å². The van der Waals surface area contributed by atoms with Gasteiger partial charge in [0.2, 0.25) is 5.91 Å². The molecule has 0 saturated carbocycles. The summed E-state index contributed by atoms with van der Waals surface area (Å²) in [4.78, 5) is 11.1. The smallest absolute Gasteiger partial charge is 0.248 e. The minimum Gasteiger partial charge on any atom is -0.493 e. The van der Waals surface area contributed by atoms with Crippen molar-refractivity contribution in [3.05, 3.63) is 28.8 Å². The van der Waals surface area contributed by atoms with E-state index in [4.69, 9.17) is 10.5 Å². The number of nitrogens with two attached hydrogens (primary N) is 1. The van der Waals surface area contributed by atoms with Gasteiger partial charge in [-0.3, -0.25) is 4.79 Å². The zero-order valence-corrected chi connectivity index (χ0v) is 10.2. The van der Waals surface area contributed by atoms with Gasteiger partial charge < -0.3 is 10.5 Å². The van der Waals surface area contributed by atoms with E-state index in [1.807, 2.05) is 19.9 Å². The Labute approximate surface area is 96.6 Å². The summed E-state index contributed by atoms with van der Waals surface area (Å²) in [5.41, 5.74) is 7.74. The molecule has 0 spiro atoms. The lowest BCUT2D eigenvalue weighted by molar-refractivity contribution is 0.0999. The number of rotatable bonds is 5. The normalized spacial score (nSPS) is 10.2. The van der Waals surface area contributed by atoms with Crippen molar-refractivity contribution < 1.29 is 9.53 Å². The minimum atomic E-state index is -0.388. The van der Waals surface area contributed by atoms with Crippen LogP contribution in [0.15, 0.2) is 12.1 Å². The fourth-order valence-corrected chi connectivity index (χ4v) is 1.55. The van der Waals surface area contributed by atoms with E-state index in [1.54, 1.807) is 6.07 Å². The molecule has 0 atom stereocenters. The maximum atomic E-state index is 11.1. The molecule has 0 aromatic heterocycles. The Morgan fingerprint density at radius 1 is 1.31 bits per heavy atom. The number of amides is 1. The van der Waals surface area contributed by atoms with E-state index < -0.39 is 0 Å². The number of carbonyl (C=O) groups is 1. The quantitative estimate of drug-likeness (QED) is 0.777. The van der Waals surface area contributed by atoms with Crippen LogP contribution >= 0.6 is 0 Å². The van der Waals surface area contributed by atoms with E-state index >= 15 is 0 Å². The maximum Gasteiger partial charge on any atom is 0.248 e. The van der Waals surface area contributed by atoms with Gasteiger partial charge in [-0.25, -0.2) is 0 Å². The molecule has 1 amide bonds. The number of ether oxygens (including phenoxy) is 1. The van der Waals surface area contributed by atoms with E-state index in [2.05, 4.69) is 6.92 Å². The van der Waals surface area contributed by atoms with Gasteiger partial charge >= 0.3 is 0 Å². The zero-order valence-electron chi connectivity index (χ0n) is 10.2. The van der Waals surface area contributed by atoms with Gasteiger partial charge in [-0.15, -0.1) is 0 Å². The van der Waals surface area contributed by atoms with Gasteiger partial charge in [-0.2, -0.15) is 0 Å². The van der Waals surface area contributed by atoms with Crippen molar-refractivity contribution >= 4 is 5.91 Å². The number of unbranched alkanes of at least 4 members (excludes halogenated alkanes) is 1. The molecular weight excluding hydrogens is 202 g/mol. The molecule has 1 aromatic carbocycles. The molecule has 0 fully saturated rings. The monoisotopic (exact) mass is 221 g/mol. The number of hydrogen-bond acceptors (Lipinski definition) is 2. The molecule has 3 heteroatoms. The molecule has 0 bridgehead atoms. The Bertz CT molecular complexity index is 386. The second-order valence-electron chi connectivity index (χ2n) is 3.93. The van der Waals surface area contributed by atoms with Crippen LogP contribution in [0.4, 0.5) is 0 Å². The largest absolute Gasteiger partial charge is 0.493 e. The average molecular weight is 221 g/mol. The van der Waals surface area contributed by atoms with Crippen molar-refractivity contribution in [2.24, 2.45) is 5.73 Å². The van der Waals surface area contributed by atoms with Crippen molar-refractivity contribution in [1.82, 2.24) is 0 Å². The van der Waals surface area contributed by atoms with Crippen LogP contribution in [0.3, 0.4) is 0 Å². The van der Waals surface area contributed by atoms with E-state index in [9.17, 15) is 4.79 Å².